The molecular formula is C19H20ClNO5S2. The number of hydrogen-bond donors (Lipinski definition) is 1. The van der Waals surface area contributed by atoms with Gasteiger partial charge in [0.2, 0.25) is 5.91 Å². The number of methoxy groups -OCH3 is 1. The fraction of sp³-hybridized carbons (Fsp3) is 0.316. The number of nitrogens with one attached hydrogen (secondary N) is 1. The van der Waals surface area contributed by atoms with E-state index in [1.54, 1.807) is 30.5 Å². The minimum absolute atomic E-state index is 0.151. The van der Waals surface area contributed by atoms with Crippen molar-refractivity contribution in [2.24, 2.45) is 0 Å². The smallest absolute Gasteiger partial charge is 0.341 e. The van der Waals surface area contributed by atoms with E-state index in [9.17, 15) is 14.4 Å². The van der Waals surface area contributed by atoms with E-state index < -0.39 is 5.97 Å². The van der Waals surface area contributed by atoms with Gasteiger partial charge >= 0.3 is 11.9 Å². The highest BCUT2D eigenvalue weighted by Gasteiger charge is 2.23. The molecule has 0 radical (unpaired) electrons. The van der Waals surface area contributed by atoms with E-state index in [1.165, 1.54) is 30.2 Å². The minimum Gasteiger partial charge on any atom is -0.469 e. The number of hydrogen-bond acceptors (Lipinski definition) is 7. The van der Waals surface area contributed by atoms with Gasteiger partial charge in [-0.1, -0.05) is 29.8 Å². The van der Waals surface area contributed by atoms with Crippen LogP contribution in [0.3, 0.4) is 0 Å². The van der Waals surface area contributed by atoms with Crippen LogP contribution in [0.4, 0.5) is 5.00 Å². The van der Waals surface area contributed by atoms with Crippen molar-refractivity contribution in [2.75, 3.05) is 30.5 Å². The van der Waals surface area contributed by atoms with Crippen molar-refractivity contribution in [3.63, 3.8) is 0 Å². The highest BCUT2D eigenvalue weighted by Crippen LogP contribution is 2.39. The van der Waals surface area contributed by atoms with Crippen molar-refractivity contribution < 1.29 is 23.9 Å². The van der Waals surface area contributed by atoms with E-state index in [0.29, 0.717) is 26.9 Å². The van der Waals surface area contributed by atoms with Gasteiger partial charge in [-0.25, -0.2) is 4.79 Å². The van der Waals surface area contributed by atoms with E-state index >= 15 is 0 Å². The van der Waals surface area contributed by atoms with Crippen LogP contribution in [0.15, 0.2) is 29.6 Å². The van der Waals surface area contributed by atoms with E-state index in [-0.39, 0.29) is 36.2 Å². The van der Waals surface area contributed by atoms with Crippen LogP contribution in [0.5, 0.6) is 0 Å². The summed E-state index contributed by atoms with van der Waals surface area (Å²) in [5, 5.41) is 5.44. The number of benzene rings is 1. The highest BCUT2D eigenvalue weighted by molar-refractivity contribution is 7.99. The maximum atomic E-state index is 12.5. The molecular weight excluding hydrogens is 422 g/mol. The number of carbonyl (C=O) groups is 3. The van der Waals surface area contributed by atoms with Gasteiger partial charge in [0.05, 0.1) is 25.9 Å². The number of carbonyl (C=O) groups excluding carboxylic acids is 3. The topological polar surface area (TPSA) is 81.7 Å². The lowest BCUT2D eigenvalue weighted by atomic mass is 10.0. The number of thiophene rings is 1. The molecule has 0 atom stereocenters. The summed E-state index contributed by atoms with van der Waals surface area (Å²) in [4.78, 5) is 35.9. The molecule has 2 aromatic rings. The Kier molecular flexibility index (Phi) is 8.82. The second-order valence-corrected chi connectivity index (χ2v) is 7.87. The summed E-state index contributed by atoms with van der Waals surface area (Å²) >= 11 is 8.82. The molecule has 1 amide bonds. The molecule has 0 bridgehead atoms. The molecule has 9 heteroatoms. The fourth-order valence-corrected chi connectivity index (χ4v) is 4.23. The number of ether oxygens (including phenoxy) is 2. The van der Waals surface area contributed by atoms with Gasteiger partial charge in [0, 0.05) is 27.3 Å². The van der Waals surface area contributed by atoms with Crippen LogP contribution in [0, 0.1) is 0 Å². The first-order chi connectivity index (χ1) is 13.5. The first kappa shape index (κ1) is 22.3. The van der Waals surface area contributed by atoms with E-state index in [1.807, 2.05) is 6.07 Å². The summed E-state index contributed by atoms with van der Waals surface area (Å²) in [6.45, 7) is 1.93. The predicted molar refractivity (Wildman–Crippen MR) is 113 cm³/mol. The van der Waals surface area contributed by atoms with Gasteiger partial charge in [-0.05, 0) is 13.0 Å². The van der Waals surface area contributed by atoms with Gasteiger partial charge in [-0.3, -0.25) is 9.59 Å². The first-order valence-electron chi connectivity index (χ1n) is 8.45. The van der Waals surface area contributed by atoms with Gasteiger partial charge < -0.3 is 14.8 Å². The van der Waals surface area contributed by atoms with Crippen LogP contribution in [0.25, 0.3) is 11.1 Å². The lowest BCUT2D eigenvalue weighted by Crippen LogP contribution is -2.17. The fourth-order valence-electron chi connectivity index (χ4n) is 2.32. The Morgan fingerprint density at radius 2 is 1.96 bits per heavy atom. The summed E-state index contributed by atoms with van der Waals surface area (Å²) in [7, 11) is 1.32. The highest BCUT2D eigenvalue weighted by atomic mass is 35.5. The SMILES string of the molecule is CCOC(=O)c1c(-c2ccccc2Cl)csc1NC(=O)CSCCC(=O)OC. The Bertz CT molecular complexity index is 853. The molecule has 0 spiro atoms. The lowest BCUT2D eigenvalue weighted by Gasteiger charge is -2.09. The van der Waals surface area contributed by atoms with Crippen LogP contribution < -0.4 is 5.32 Å². The molecule has 0 fully saturated rings. The van der Waals surface area contributed by atoms with Gasteiger partial charge in [0.15, 0.2) is 0 Å². The Labute approximate surface area is 176 Å². The van der Waals surface area contributed by atoms with E-state index in [4.69, 9.17) is 16.3 Å². The summed E-state index contributed by atoms with van der Waals surface area (Å²) in [5.74, 6) is -0.487. The maximum absolute atomic E-state index is 12.5. The normalized spacial score (nSPS) is 10.4. The monoisotopic (exact) mass is 441 g/mol. The van der Waals surface area contributed by atoms with Crippen molar-refractivity contribution in [1.82, 2.24) is 0 Å². The van der Waals surface area contributed by atoms with Crippen molar-refractivity contribution in [1.29, 1.82) is 0 Å². The van der Waals surface area contributed by atoms with Crippen LogP contribution in [-0.2, 0) is 19.1 Å². The Morgan fingerprint density at radius 3 is 2.64 bits per heavy atom. The molecule has 0 saturated carbocycles. The van der Waals surface area contributed by atoms with Crippen molar-refractivity contribution in [3.8, 4) is 11.1 Å². The molecule has 0 aliphatic rings. The van der Waals surface area contributed by atoms with Gasteiger partial charge in [-0.2, -0.15) is 11.8 Å². The van der Waals surface area contributed by atoms with Gasteiger partial charge in [0.25, 0.3) is 0 Å². The molecule has 0 aliphatic heterocycles. The third-order valence-electron chi connectivity index (χ3n) is 3.60. The second-order valence-electron chi connectivity index (χ2n) is 5.48. The first-order valence-corrected chi connectivity index (χ1v) is 10.9. The zero-order valence-corrected chi connectivity index (χ0v) is 17.8. The number of halogens is 1. The lowest BCUT2D eigenvalue weighted by molar-refractivity contribution is -0.140. The molecule has 1 aromatic heterocycles. The zero-order valence-electron chi connectivity index (χ0n) is 15.5. The second kappa shape index (κ2) is 11.1. The molecule has 6 nitrogen and oxygen atoms in total. The van der Waals surface area contributed by atoms with E-state index in [0.717, 1.165) is 0 Å². The number of amides is 1. The summed E-state index contributed by atoms with van der Waals surface area (Å²) in [6, 6.07) is 7.17. The number of rotatable bonds is 9. The van der Waals surface area contributed by atoms with Gasteiger partial charge in [-0.15, -0.1) is 11.3 Å². The molecule has 1 heterocycles. The molecule has 0 saturated heterocycles. The Morgan fingerprint density at radius 1 is 1.21 bits per heavy atom. The molecule has 0 aliphatic carbocycles. The summed E-state index contributed by atoms with van der Waals surface area (Å²) < 4.78 is 9.72. The quantitative estimate of drug-likeness (QED) is 0.456. The number of thioether (sulfide) groups is 1. The molecule has 1 N–H and O–H groups in total. The van der Waals surface area contributed by atoms with Crippen LogP contribution in [0.1, 0.15) is 23.7 Å². The minimum atomic E-state index is -0.521. The summed E-state index contributed by atoms with van der Waals surface area (Å²) in [6.07, 6.45) is 0.234. The van der Waals surface area contributed by atoms with Gasteiger partial charge in [0.1, 0.15) is 10.6 Å². The van der Waals surface area contributed by atoms with Crippen LogP contribution >= 0.6 is 34.7 Å². The third-order valence-corrected chi connectivity index (χ3v) is 5.78. The average Bonchev–Trinajstić information content (AvgIpc) is 3.08. The van der Waals surface area contributed by atoms with Crippen molar-refractivity contribution in [2.45, 2.75) is 13.3 Å². The number of esters is 2. The van der Waals surface area contributed by atoms with E-state index in [2.05, 4.69) is 10.1 Å². The Hall–Kier alpha value is -2.03. The largest absolute Gasteiger partial charge is 0.469 e. The summed E-state index contributed by atoms with van der Waals surface area (Å²) in [5.41, 5.74) is 1.59. The third kappa shape index (κ3) is 5.98. The predicted octanol–water partition coefficient (Wildman–Crippen LogP) is 4.48. The standard InChI is InChI=1S/C19H20ClNO5S2/c1-3-26-19(24)17-13(12-6-4-5-7-14(12)20)10-28-18(17)21-15(22)11-27-9-8-16(23)25-2/h4-7,10H,3,8-9,11H2,1-2H3,(H,21,22). The number of anilines is 1. The van der Waals surface area contributed by atoms with Crippen molar-refractivity contribution >= 4 is 57.5 Å². The maximum Gasteiger partial charge on any atom is 0.341 e. The molecule has 2 rings (SSSR count). The molecule has 1 aromatic carbocycles. The van der Waals surface area contributed by atoms with Crippen molar-refractivity contribution in [3.05, 3.63) is 40.2 Å². The Balaban J connectivity index is 2.16. The van der Waals surface area contributed by atoms with Crippen LogP contribution in [0.2, 0.25) is 5.02 Å². The molecule has 28 heavy (non-hydrogen) atoms. The average molecular weight is 442 g/mol. The molecule has 0 unspecified atom stereocenters. The zero-order chi connectivity index (χ0) is 20.5. The molecule has 150 valence electrons. The van der Waals surface area contributed by atoms with Crippen LogP contribution in [-0.4, -0.2) is 43.1 Å².